The Labute approximate surface area is 235 Å². The van der Waals surface area contributed by atoms with E-state index in [1.807, 2.05) is 30.3 Å². The van der Waals surface area contributed by atoms with Crippen molar-refractivity contribution in [3.63, 3.8) is 0 Å². The zero-order valence-corrected chi connectivity index (χ0v) is 24.3. The van der Waals surface area contributed by atoms with Crippen molar-refractivity contribution in [1.82, 2.24) is 20.4 Å². The molecule has 1 unspecified atom stereocenters. The first-order chi connectivity index (χ1) is 18.6. The highest BCUT2D eigenvalue weighted by molar-refractivity contribution is 5.92. The largest absolute Gasteiger partial charge is 0.459 e. The highest BCUT2D eigenvalue weighted by Gasteiger charge is 2.38. The molecule has 1 heterocycles. The maximum atomic E-state index is 13.4. The number of hydrogen-bond donors (Lipinski definition) is 2. The van der Waals surface area contributed by atoms with Gasteiger partial charge in [-0.05, 0) is 59.9 Å². The predicted molar refractivity (Wildman–Crippen MR) is 146 cm³/mol. The summed E-state index contributed by atoms with van der Waals surface area (Å²) in [4.78, 5) is 65.6. The van der Waals surface area contributed by atoms with E-state index in [1.165, 1.54) is 9.80 Å². The van der Waals surface area contributed by atoms with E-state index >= 15 is 0 Å². The number of piperazine rings is 1. The number of benzene rings is 1. The number of hydrogen-bond acceptors (Lipinski definition) is 8. The molecule has 1 aliphatic rings. The van der Waals surface area contributed by atoms with Crippen LogP contribution in [0.3, 0.4) is 0 Å². The van der Waals surface area contributed by atoms with E-state index in [9.17, 15) is 24.0 Å². The molecular formula is C28H42N4O8. The van der Waals surface area contributed by atoms with Crippen LogP contribution in [-0.4, -0.2) is 89.7 Å². The number of esters is 1. The molecule has 40 heavy (non-hydrogen) atoms. The number of nitrogens with zero attached hydrogens (tertiary/aromatic N) is 2. The molecule has 222 valence electrons. The van der Waals surface area contributed by atoms with Crippen LogP contribution in [0.25, 0.3) is 0 Å². The van der Waals surface area contributed by atoms with Crippen molar-refractivity contribution in [2.45, 2.75) is 78.2 Å². The molecule has 1 aliphatic heterocycles. The fourth-order valence-corrected chi connectivity index (χ4v) is 3.93. The smallest absolute Gasteiger partial charge is 0.407 e. The number of nitrogens with one attached hydrogen (secondary N) is 2. The number of rotatable bonds is 10. The van der Waals surface area contributed by atoms with Crippen LogP contribution < -0.4 is 10.6 Å². The molecule has 0 saturated carbocycles. The minimum absolute atomic E-state index is 0.0516. The molecule has 12 heteroatoms. The van der Waals surface area contributed by atoms with Gasteiger partial charge in [0.1, 0.15) is 36.9 Å². The van der Waals surface area contributed by atoms with Gasteiger partial charge in [-0.1, -0.05) is 30.3 Å². The highest BCUT2D eigenvalue weighted by atomic mass is 16.6. The van der Waals surface area contributed by atoms with Crippen LogP contribution in [0.15, 0.2) is 30.3 Å². The third-order valence-electron chi connectivity index (χ3n) is 5.56. The Morgan fingerprint density at radius 3 is 2.17 bits per heavy atom. The Hall–Kier alpha value is -3.83. The highest BCUT2D eigenvalue weighted by Crippen LogP contribution is 2.18. The summed E-state index contributed by atoms with van der Waals surface area (Å²) in [6.07, 6.45) is -0.749. The van der Waals surface area contributed by atoms with Crippen LogP contribution in [0, 0.1) is 0 Å². The minimum atomic E-state index is -0.883. The first kappa shape index (κ1) is 32.4. The van der Waals surface area contributed by atoms with Crippen LogP contribution in [0.1, 0.15) is 59.9 Å². The molecule has 1 saturated heterocycles. The summed E-state index contributed by atoms with van der Waals surface area (Å²) in [7, 11) is 0. The SMILES string of the molecule is CC(C)(C)OC(=O)CN1CCN(C(=O)CNC(=O)OCc2ccccc2)C(CCCNC(=O)OC(C)(C)C)C1=O. The van der Waals surface area contributed by atoms with Crippen LogP contribution in [0.5, 0.6) is 0 Å². The Bertz CT molecular complexity index is 1030. The third-order valence-corrected chi connectivity index (χ3v) is 5.56. The number of alkyl carbamates (subject to hydrolysis) is 2. The molecule has 1 fully saturated rings. The topological polar surface area (TPSA) is 144 Å². The summed E-state index contributed by atoms with van der Waals surface area (Å²) >= 11 is 0. The van der Waals surface area contributed by atoms with Crippen molar-refractivity contribution < 1.29 is 38.2 Å². The first-order valence-electron chi connectivity index (χ1n) is 13.4. The molecule has 4 amide bonds. The van der Waals surface area contributed by atoms with Gasteiger partial charge in [0.25, 0.3) is 0 Å². The fraction of sp³-hybridized carbons (Fsp3) is 0.607. The standard InChI is InChI=1S/C28H42N4O8/c1-27(2,3)39-23(34)18-31-15-16-32(21(24(31)35)13-10-14-29-26(37)40-28(4,5)6)22(33)17-30-25(36)38-19-20-11-8-7-9-12-20/h7-9,11-12,21H,10,13-19H2,1-6H3,(H,29,37)(H,30,36). The van der Waals surface area contributed by atoms with E-state index in [0.717, 1.165) is 5.56 Å². The monoisotopic (exact) mass is 562 g/mol. The molecule has 0 aromatic heterocycles. The second kappa shape index (κ2) is 14.5. The summed E-state index contributed by atoms with van der Waals surface area (Å²) in [6, 6.07) is 8.23. The van der Waals surface area contributed by atoms with Gasteiger partial charge in [-0.2, -0.15) is 0 Å². The summed E-state index contributed by atoms with van der Waals surface area (Å²) in [5.74, 6) is -1.42. The lowest BCUT2D eigenvalue weighted by atomic mass is 10.0. The molecule has 12 nitrogen and oxygen atoms in total. The summed E-state index contributed by atoms with van der Waals surface area (Å²) in [6.45, 7) is 10.4. The number of carbonyl (C=O) groups excluding carboxylic acids is 5. The molecule has 1 atom stereocenters. The Morgan fingerprint density at radius 1 is 0.900 bits per heavy atom. The van der Waals surface area contributed by atoms with Gasteiger partial charge < -0.3 is 34.6 Å². The summed E-state index contributed by atoms with van der Waals surface area (Å²) in [5, 5.41) is 5.07. The molecule has 0 spiro atoms. The van der Waals surface area contributed by atoms with Gasteiger partial charge in [0, 0.05) is 19.6 Å². The van der Waals surface area contributed by atoms with Gasteiger partial charge in [0.2, 0.25) is 11.8 Å². The van der Waals surface area contributed by atoms with E-state index in [1.54, 1.807) is 41.5 Å². The van der Waals surface area contributed by atoms with E-state index in [0.29, 0.717) is 6.42 Å². The third kappa shape index (κ3) is 11.9. The quantitative estimate of drug-likeness (QED) is 0.252. The first-order valence-corrected chi connectivity index (χ1v) is 13.4. The zero-order valence-electron chi connectivity index (χ0n) is 24.3. The van der Waals surface area contributed by atoms with Gasteiger partial charge >= 0.3 is 18.2 Å². The van der Waals surface area contributed by atoms with E-state index in [-0.39, 0.29) is 45.8 Å². The second-order valence-electron chi connectivity index (χ2n) is 11.4. The molecule has 2 rings (SSSR count). The Balaban J connectivity index is 1.98. The van der Waals surface area contributed by atoms with Gasteiger partial charge in [-0.3, -0.25) is 14.4 Å². The fourth-order valence-electron chi connectivity index (χ4n) is 3.93. The van der Waals surface area contributed by atoms with Crippen LogP contribution in [0.2, 0.25) is 0 Å². The summed E-state index contributed by atoms with van der Waals surface area (Å²) in [5.41, 5.74) is -0.550. The average Bonchev–Trinajstić information content (AvgIpc) is 2.84. The van der Waals surface area contributed by atoms with Crippen LogP contribution >= 0.6 is 0 Å². The van der Waals surface area contributed by atoms with Gasteiger partial charge in [0.15, 0.2) is 0 Å². The van der Waals surface area contributed by atoms with Crippen molar-refractivity contribution >= 4 is 30.0 Å². The molecule has 1 aromatic carbocycles. The Kier molecular flexibility index (Phi) is 11.8. The van der Waals surface area contributed by atoms with Crippen LogP contribution in [0.4, 0.5) is 9.59 Å². The molecule has 0 radical (unpaired) electrons. The molecule has 0 aliphatic carbocycles. The molecule has 0 bridgehead atoms. The second-order valence-corrected chi connectivity index (χ2v) is 11.4. The predicted octanol–water partition coefficient (Wildman–Crippen LogP) is 2.60. The van der Waals surface area contributed by atoms with E-state index < -0.39 is 47.2 Å². The summed E-state index contributed by atoms with van der Waals surface area (Å²) < 4.78 is 15.7. The normalized spacial score (nSPS) is 15.8. The van der Waals surface area contributed by atoms with Gasteiger partial charge in [-0.15, -0.1) is 0 Å². The number of carbonyl (C=O) groups is 5. The maximum Gasteiger partial charge on any atom is 0.407 e. The zero-order chi connectivity index (χ0) is 29.9. The van der Waals surface area contributed by atoms with E-state index in [2.05, 4.69) is 10.6 Å². The lowest BCUT2D eigenvalue weighted by molar-refractivity contribution is -0.163. The lowest BCUT2D eigenvalue weighted by Crippen LogP contribution is -2.61. The molecule has 2 N–H and O–H groups in total. The number of amides is 4. The van der Waals surface area contributed by atoms with Crippen molar-refractivity contribution in [1.29, 1.82) is 0 Å². The van der Waals surface area contributed by atoms with Gasteiger partial charge in [0.05, 0.1) is 0 Å². The van der Waals surface area contributed by atoms with E-state index in [4.69, 9.17) is 14.2 Å². The van der Waals surface area contributed by atoms with Crippen molar-refractivity contribution in [3.8, 4) is 0 Å². The average molecular weight is 563 g/mol. The van der Waals surface area contributed by atoms with Crippen molar-refractivity contribution in [2.75, 3.05) is 32.7 Å². The maximum absolute atomic E-state index is 13.4. The minimum Gasteiger partial charge on any atom is -0.459 e. The molecule has 1 aromatic rings. The van der Waals surface area contributed by atoms with Crippen molar-refractivity contribution in [2.24, 2.45) is 0 Å². The van der Waals surface area contributed by atoms with Gasteiger partial charge in [-0.25, -0.2) is 9.59 Å². The van der Waals surface area contributed by atoms with Crippen molar-refractivity contribution in [3.05, 3.63) is 35.9 Å². The van der Waals surface area contributed by atoms with Crippen LogP contribution in [-0.2, 0) is 35.2 Å². The Morgan fingerprint density at radius 2 is 1.55 bits per heavy atom. The lowest BCUT2D eigenvalue weighted by Gasteiger charge is -2.40. The number of ether oxygens (including phenoxy) is 3. The molecular weight excluding hydrogens is 520 g/mol.